The molecule has 2 heterocycles. The first-order valence-electron chi connectivity index (χ1n) is 6.36. The molecule has 0 N–H and O–H groups in total. The molecule has 1 unspecified atom stereocenters. The Kier molecular flexibility index (Phi) is 3.16. The summed E-state index contributed by atoms with van der Waals surface area (Å²) in [6, 6.07) is 8.63. The van der Waals surface area contributed by atoms with Crippen molar-refractivity contribution in [2.75, 3.05) is 6.61 Å². The standard InChI is InChI=1S/C14H13F3N2O/c15-14(16,17)13-5-7-19(18-13)9-10-6-8-20-12-4-2-1-3-11(10)12/h1-5,7,10H,6,8-9H2. The maximum Gasteiger partial charge on any atom is 0.435 e. The number of halogens is 3. The Morgan fingerprint density at radius 2 is 2.05 bits per heavy atom. The van der Waals surface area contributed by atoms with Crippen molar-refractivity contribution in [2.24, 2.45) is 0 Å². The van der Waals surface area contributed by atoms with Gasteiger partial charge in [-0.25, -0.2) is 0 Å². The summed E-state index contributed by atoms with van der Waals surface area (Å²) in [6.45, 7) is 1.01. The van der Waals surface area contributed by atoms with E-state index < -0.39 is 11.9 Å². The van der Waals surface area contributed by atoms with E-state index in [0.29, 0.717) is 13.2 Å². The van der Waals surface area contributed by atoms with Crippen molar-refractivity contribution in [1.29, 1.82) is 0 Å². The number of nitrogens with zero attached hydrogens (tertiary/aromatic N) is 2. The number of hydrogen-bond donors (Lipinski definition) is 0. The quantitative estimate of drug-likeness (QED) is 0.843. The molecule has 20 heavy (non-hydrogen) atoms. The molecule has 0 bridgehead atoms. The van der Waals surface area contributed by atoms with Gasteiger partial charge in [0.05, 0.1) is 6.61 Å². The highest BCUT2D eigenvalue weighted by molar-refractivity contribution is 5.37. The van der Waals surface area contributed by atoms with E-state index >= 15 is 0 Å². The average molecular weight is 282 g/mol. The van der Waals surface area contributed by atoms with Gasteiger partial charge >= 0.3 is 6.18 Å². The summed E-state index contributed by atoms with van der Waals surface area (Å²) in [4.78, 5) is 0. The van der Waals surface area contributed by atoms with Gasteiger partial charge in [-0.05, 0) is 24.1 Å². The van der Waals surface area contributed by atoms with E-state index in [1.807, 2.05) is 24.3 Å². The Morgan fingerprint density at radius 3 is 2.80 bits per heavy atom. The van der Waals surface area contributed by atoms with Crippen LogP contribution in [0.25, 0.3) is 0 Å². The fraction of sp³-hybridized carbons (Fsp3) is 0.357. The van der Waals surface area contributed by atoms with Gasteiger partial charge in [0.15, 0.2) is 5.69 Å². The number of para-hydroxylation sites is 1. The SMILES string of the molecule is FC(F)(F)c1ccn(CC2CCOc3ccccc32)n1. The van der Waals surface area contributed by atoms with Gasteiger partial charge in [0.25, 0.3) is 0 Å². The van der Waals surface area contributed by atoms with Gasteiger partial charge in [-0.15, -0.1) is 0 Å². The van der Waals surface area contributed by atoms with Crippen LogP contribution in [-0.4, -0.2) is 16.4 Å². The minimum Gasteiger partial charge on any atom is -0.493 e. The monoisotopic (exact) mass is 282 g/mol. The molecule has 0 spiro atoms. The Bertz CT molecular complexity index is 606. The van der Waals surface area contributed by atoms with Crippen molar-refractivity contribution >= 4 is 0 Å². The van der Waals surface area contributed by atoms with E-state index in [4.69, 9.17) is 4.74 Å². The van der Waals surface area contributed by atoms with E-state index in [2.05, 4.69) is 5.10 Å². The summed E-state index contributed by atoms with van der Waals surface area (Å²) in [5, 5.41) is 3.60. The van der Waals surface area contributed by atoms with Gasteiger partial charge in [0.2, 0.25) is 0 Å². The van der Waals surface area contributed by atoms with Crippen LogP contribution in [0.3, 0.4) is 0 Å². The van der Waals surface area contributed by atoms with Crippen molar-refractivity contribution < 1.29 is 17.9 Å². The van der Waals surface area contributed by atoms with E-state index in [1.54, 1.807) is 0 Å². The lowest BCUT2D eigenvalue weighted by atomic mass is 9.93. The fourth-order valence-corrected chi connectivity index (χ4v) is 2.45. The number of ether oxygens (including phenoxy) is 1. The van der Waals surface area contributed by atoms with Crippen LogP contribution in [0.15, 0.2) is 36.5 Å². The van der Waals surface area contributed by atoms with Crippen molar-refractivity contribution in [2.45, 2.75) is 25.1 Å². The van der Waals surface area contributed by atoms with Crippen LogP contribution >= 0.6 is 0 Å². The maximum absolute atomic E-state index is 12.5. The summed E-state index contributed by atoms with van der Waals surface area (Å²) in [7, 11) is 0. The average Bonchev–Trinajstić information content (AvgIpc) is 2.88. The Balaban J connectivity index is 1.81. The van der Waals surface area contributed by atoms with Crippen molar-refractivity contribution in [1.82, 2.24) is 9.78 Å². The molecule has 0 amide bonds. The van der Waals surface area contributed by atoms with Crippen LogP contribution in [-0.2, 0) is 12.7 Å². The molecule has 0 radical (unpaired) electrons. The molecule has 3 rings (SSSR count). The number of alkyl halides is 3. The van der Waals surface area contributed by atoms with Crippen LogP contribution in [0.2, 0.25) is 0 Å². The molecular formula is C14H13F3N2O. The second kappa shape index (κ2) is 4.85. The Labute approximate surface area is 114 Å². The molecule has 0 saturated heterocycles. The molecule has 3 nitrogen and oxygen atoms in total. The van der Waals surface area contributed by atoms with Gasteiger partial charge in [0, 0.05) is 18.7 Å². The van der Waals surface area contributed by atoms with Gasteiger partial charge in [-0.2, -0.15) is 18.3 Å². The first-order valence-corrected chi connectivity index (χ1v) is 6.36. The first-order chi connectivity index (χ1) is 9.54. The first kappa shape index (κ1) is 13.0. The van der Waals surface area contributed by atoms with Gasteiger partial charge in [-0.1, -0.05) is 18.2 Å². The molecule has 0 aliphatic carbocycles. The van der Waals surface area contributed by atoms with E-state index in [1.165, 1.54) is 10.9 Å². The molecule has 1 aromatic carbocycles. The highest BCUT2D eigenvalue weighted by Crippen LogP contribution is 2.34. The van der Waals surface area contributed by atoms with E-state index in [-0.39, 0.29) is 5.92 Å². The van der Waals surface area contributed by atoms with Gasteiger partial charge in [0.1, 0.15) is 5.75 Å². The molecule has 1 aliphatic heterocycles. The third-order valence-electron chi connectivity index (χ3n) is 3.42. The number of hydrogen-bond acceptors (Lipinski definition) is 2. The molecule has 2 aromatic rings. The normalized spacial score (nSPS) is 18.4. The van der Waals surface area contributed by atoms with Crippen LogP contribution in [0, 0.1) is 0 Å². The molecule has 1 aromatic heterocycles. The zero-order valence-electron chi connectivity index (χ0n) is 10.6. The molecule has 1 atom stereocenters. The fourth-order valence-electron chi connectivity index (χ4n) is 2.45. The molecule has 0 fully saturated rings. The highest BCUT2D eigenvalue weighted by Gasteiger charge is 2.33. The molecule has 1 aliphatic rings. The van der Waals surface area contributed by atoms with Crippen LogP contribution < -0.4 is 4.74 Å². The number of benzene rings is 1. The molecule has 106 valence electrons. The summed E-state index contributed by atoms with van der Waals surface area (Å²) >= 11 is 0. The predicted octanol–water partition coefficient (Wildman–Crippen LogP) is 3.47. The van der Waals surface area contributed by atoms with Gasteiger partial charge < -0.3 is 4.74 Å². The van der Waals surface area contributed by atoms with Crippen molar-refractivity contribution in [3.63, 3.8) is 0 Å². The number of fused-ring (bicyclic) bond motifs is 1. The third-order valence-corrected chi connectivity index (χ3v) is 3.42. The molecule has 0 saturated carbocycles. The highest BCUT2D eigenvalue weighted by atomic mass is 19.4. The zero-order valence-corrected chi connectivity index (χ0v) is 10.6. The van der Waals surface area contributed by atoms with Crippen LogP contribution in [0.1, 0.15) is 23.6 Å². The van der Waals surface area contributed by atoms with Crippen molar-refractivity contribution in [3.8, 4) is 5.75 Å². The van der Waals surface area contributed by atoms with E-state index in [9.17, 15) is 13.2 Å². The summed E-state index contributed by atoms with van der Waals surface area (Å²) in [5.41, 5.74) is 0.181. The Morgan fingerprint density at radius 1 is 1.25 bits per heavy atom. The molecular weight excluding hydrogens is 269 g/mol. The summed E-state index contributed by atoms with van der Waals surface area (Å²) < 4.78 is 44.5. The molecule has 6 heteroatoms. The second-order valence-corrected chi connectivity index (χ2v) is 4.79. The van der Waals surface area contributed by atoms with Gasteiger partial charge in [-0.3, -0.25) is 4.68 Å². The topological polar surface area (TPSA) is 27.1 Å². The number of aromatic nitrogens is 2. The predicted molar refractivity (Wildman–Crippen MR) is 66.5 cm³/mol. The smallest absolute Gasteiger partial charge is 0.435 e. The van der Waals surface area contributed by atoms with E-state index in [0.717, 1.165) is 23.8 Å². The van der Waals surface area contributed by atoms with Crippen molar-refractivity contribution in [3.05, 3.63) is 47.8 Å². The number of rotatable bonds is 2. The maximum atomic E-state index is 12.5. The second-order valence-electron chi connectivity index (χ2n) is 4.79. The third kappa shape index (κ3) is 2.50. The lowest BCUT2D eigenvalue weighted by molar-refractivity contribution is -0.141. The summed E-state index contributed by atoms with van der Waals surface area (Å²) in [5.74, 6) is 0.938. The summed E-state index contributed by atoms with van der Waals surface area (Å²) in [6.07, 6.45) is -2.24. The zero-order chi connectivity index (χ0) is 14.2. The lowest BCUT2D eigenvalue weighted by Gasteiger charge is -2.25. The minimum atomic E-state index is -4.39. The minimum absolute atomic E-state index is 0.126. The largest absolute Gasteiger partial charge is 0.493 e. The van der Waals surface area contributed by atoms with Crippen LogP contribution in [0.4, 0.5) is 13.2 Å². The Hall–Kier alpha value is -1.98. The lowest BCUT2D eigenvalue weighted by Crippen LogP contribution is -2.19. The van der Waals surface area contributed by atoms with Crippen LogP contribution in [0.5, 0.6) is 5.75 Å².